The van der Waals surface area contributed by atoms with Crippen LogP contribution in [0.4, 0.5) is 5.82 Å². The summed E-state index contributed by atoms with van der Waals surface area (Å²) in [5, 5.41) is 13.0. The van der Waals surface area contributed by atoms with Gasteiger partial charge in [-0.05, 0) is 44.9 Å². The van der Waals surface area contributed by atoms with Crippen molar-refractivity contribution in [2.75, 3.05) is 25.5 Å². The average molecular weight is 328 g/mol. The minimum atomic E-state index is 0.0122. The molecule has 128 valence electrons. The van der Waals surface area contributed by atoms with Crippen molar-refractivity contribution in [1.29, 1.82) is 0 Å². The fourth-order valence-corrected chi connectivity index (χ4v) is 3.18. The fraction of sp³-hybridized carbons (Fsp3) is 0.529. The van der Waals surface area contributed by atoms with E-state index in [0.717, 1.165) is 42.3 Å². The van der Waals surface area contributed by atoms with Crippen LogP contribution in [0.2, 0.25) is 0 Å². The van der Waals surface area contributed by atoms with Gasteiger partial charge >= 0.3 is 0 Å². The van der Waals surface area contributed by atoms with Gasteiger partial charge < -0.3 is 9.80 Å². The first-order valence-corrected chi connectivity index (χ1v) is 8.27. The third-order valence-corrected chi connectivity index (χ3v) is 4.43. The monoisotopic (exact) mass is 328 g/mol. The molecule has 3 heterocycles. The lowest BCUT2D eigenvalue weighted by atomic mass is 10.1. The lowest BCUT2D eigenvalue weighted by Crippen LogP contribution is -2.34. The highest BCUT2D eigenvalue weighted by Crippen LogP contribution is 2.31. The van der Waals surface area contributed by atoms with Gasteiger partial charge in [0.15, 0.2) is 5.82 Å². The number of carbonyl (C=O) groups is 1. The molecule has 0 aliphatic carbocycles. The Kier molecular flexibility index (Phi) is 4.51. The molecule has 0 bridgehead atoms. The maximum atomic E-state index is 12.7. The molecule has 1 atom stereocenters. The van der Waals surface area contributed by atoms with Gasteiger partial charge in [0.1, 0.15) is 6.54 Å². The van der Waals surface area contributed by atoms with Crippen LogP contribution >= 0.6 is 0 Å². The standard InChI is InChI=1S/C17H24N6O/c1-12-10-13(2)23(20-12)11-17(24)22-9-5-6-15(22)14-7-8-16(19-18-14)21(3)4/h7-8,10,15H,5-6,9,11H2,1-4H3. The van der Waals surface area contributed by atoms with E-state index in [0.29, 0.717) is 0 Å². The molecule has 3 rings (SSSR count). The lowest BCUT2D eigenvalue weighted by Gasteiger charge is -2.24. The van der Waals surface area contributed by atoms with E-state index in [9.17, 15) is 4.79 Å². The number of aryl methyl sites for hydroxylation is 2. The molecule has 7 nitrogen and oxygen atoms in total. The average Bonchev–Trinajstić information content (AvgIpc) is 3.14. The van der Waals surface area contributed by atoms with Crippen molar-refractivity contribution >= 4 is 11.7 Å². The van der Waals surface area contributed by atoms with Crippen molar-refractivity contribution in [2.24, 2.45) is 0 Å². The smallest absolute Gasteiger partial charge is 0.244 e. The highest BCUT2D eigenvalue weighted by Gasteiger charge is 2.31. The molecule has 2 aromatic rings. The van der Waals surface area contributed by atoms with Crippen LogP contribution in [0.15, 0.2) is 18.2 Å². The van der Waals surface area contributed by atoms with Crippen LogP contribution in [0.3, 0.4) is 0 Å². The molecule has 1 saturated heterocycles. The minimum Gasteiger partial charge on any atom is -0.361 e. The van der Waals surface area contributed by atoms with Crippen molar-refractivity contribution in [3.63, 3.8) is 0 Å². The molecule has 2 aromatic heterocycles. The summed E-state index contributed by atoms with van der Waals surface area (Å²) in [6, 6.07) is 5.92. The second-order valence-electron chi connectivity index (χ2n) is 6.54. The topological polar surface area (TPSA) is 67.2 Å². The van der Waals surface area contributed by atoms with Crippen molar-refractivity contribution in [3.05, 3.63) is 35.3 Å². The van der Waals surface area contributed by atoms with Crippen LogP contribution in [-0.4, -0.2) is 51.4 Å². The molecule has 0 radical (unpaired) electrons. The van der Waals surface area contributed by atoms with Crippen LogP contribution < -0.4 is 4.90 Å². The molecule has 1 aliphatic rings. The lowest BCUT2D eigenvalue weighted by molar-refractivity contribution is -0.133. The molecule has 0 N–H and O–H groups in total. The molecule has 0 saturated carbocycles. The van der Waals surface area contributed by atoms with Gasteiger partial charge in [-0.15, -0.1) is 5.10 Å². The third-order valence-electron chi connectivity index (χ3n) is 4.43. The largest absolute Gasteiger partial charge is 0.361 e. The molecule has 0 spiro atoms. The molecular weight excluding hydrogens is 304 g/mol. The number of rotatable bonds is 4. The Morgan fingerprint density at radius 3 is 2.67 bits per heavy atom. The van der Waals surface area contributed by atoms with Gasteiger partial charge in [0.25, 0.3) is 0 Å². The maximum absolute atomic E-state index is 12.7. The summed E-state index contributed by atoms with van der Waals surface area (Å²) in [6.45, 7) is 4.95. The summed E-state index contributed by atoms with van der Waals surface area (Å²) < 4.78 is 1.77. The number of hydrogen-bond donors (Lipinski definition) is 0. The highest BCUT2D eigenvalue weighted by atomic mass is 16.2. The summed E-state index contributed by atoms with van der Waals surface area (Å²) in [4.78, 5) is 16.6. The fourth-order valence-electron chi connectivity index (χ4n) is 3.18. The zero-order valence-corrected chi connectivity index (χ0v) is 14.7. The molecule has 1 amide bonds. The van der Waals surface area contributed by atoms with Gasteiger partial charge in [-0.1, -0.05) is 0 Å². The molecule has 0 aromatic carbocycles. The first-order chi connectivity index (χ1) is 11.5. The van der Waals surface area contributed by atoms with Gasteiger partial charge in [0.05, 0.1) is 17.4 Å². The Hall–Kier alpha value is -2.44. The maximum Gasteiger partial charge on any atom is 0.244 e. The van der Waals surface area contributed by atoms with Crippen LogP contribution in [0.25, 0.3) is 0 Å². The summed E-state index contributed by atoms with van der Waals surface area (Å²) in [7, 11) is 3.87. The van der Waals surface area contributed by atoms with Crippen LogP contribution in [0.5, 0.6) is 0 Å². The minimum absolute atomic E-state index is 0.0122. The van der Waals surface area contributed by atoms with Gasteiger partial charge in [-0.2, -0.15) is 10.2 Å². The summed E-state index contributed by atoms with van der Waals surface area (Å²) in [6.07, 6.45) is 1.92. The number of carbonyl (C=O) groups excluding carboxylic acids is 1. The number of likely N-dealkylation sites (tertiary alicyclic amines) is 1. The summed E-state index contributed by atoms with van der Waals surface area (Å²) >= 11 is 0. The van der Waals surface area contributed by atoms with E-state index in [1.807, 2.05) is 55.9 Å². The van der Waals surface area contributed by atoms with Gasteiger partial charge in [0, 0.05) is 26.3 Å². The predicted molar refractivity (Wildman–Crippen MR) is 91.7 cm³/mol. The van der Waals surface area contributed by atoms with E-state index in [2.05, 4.69) is 15.3 Å². The van der Waals surface area contributed by atoms with Gasteiger partial charge in [0.2, 0.25) is 5.91 Å². The molecule has 1 fully saturated rings. The zero-order chi connectivity index (χ0) is 17.3. The van der Waals surface area contributed by atoms with Crippen LogP contribution in [-0.2, 0) is 11.3 Å². The Morgan fingerprint density at radius 1 is 1.29 bits per heavy atom. The first-order valence-electron chi connectivity index (χ1n) is 8.27. The van der Waals surface area contributed by atoms with Crippen molar-refractivity contribution in [3.8, 4) is 0 Å². The second kappa shape index (κ2) is 6.59. The zero-order valence-electron chi connectivity index (χ0n) is 14.7. The SMILES string of the molecule is Cc1cc(C)n(CC(=O)N2CCCC2c2ccc(N(C)C)nn2)n1. The molecule has 1 unspecified atom stereocenters. The van der Waals surface area contributed by atoms with Crippen molar-refractivity contribution < 1.29 is 4.79 Å². The Balaban J connectivity index is 1.75. The van der Waals surface area contributed by atoms with E-state index >= 15 is 0 Å². The normalized spacial score (nSPS) is 17.3. The predicted octanol–water partition coefficient (Wildman–Crippen LogP) is 1.72. The second-order valence-corrected chi connectivity index (χ2v) is 6.54. The van der Waals surface area contributed by atoms with Crippen molar-refractivity contribution in [2.45, 2.75) is 39.3 Å². The van der Waals surface area contributed by atoms with Crippen LogP contribution in [0, 0.1) is 13.8 Å². The number of hydrogen-bond acceptors (Lipinski definition) is 5. The van der Waals surface area contributed by atoms with E-state index < -0.39 is 0 Å². The molecular formula is C17H24N6O. The van der Waals surface area contributed by atoms with Crippen molar-refractivity contribution in [1.82, 2.24) is 24.9 Å². The van der Waals surface area contributed by atoms with E-state index in [4.69, 9.17) is 0 Å². The summed E-state index contributed by atoms with van der Waals surface area (Å²) in [5.41, 5.74) is 2.80. The number of nitrogens with zero attached hydrogens (tertiary/aromatic N) is 6. The summed E-state index contributed by atoms with van der Waals surface area (Å²) in [5.74, 6) is 0.902. The Morgan fingerprint density at radius 2 is 2.08 bits per heavy atom. The number of aromatic nitrogens is 4. The first kappa shape index (κ1) is 16.4. The molecule has 24 heavy (non-hydrogen) atoms. The molecule has 1 aliphatic heterocycles. The van der Waals surface area contributed by atoms with Crippen LogP contribution in [0.1, 0.15) is 36.0 Å². The van der Waals surface area contributed by atoms with E-state index in [1.54, 1.807) is 4.68 Å². The molecule has 7 heteroatoms. The van der Waals surface area contributed by atoms with E-state index in [-0.39, 0.29) is 18.5 Å². The Bertz CT molecular complexity index is 721. The third kappa shape index (κ3) is 3.25. The van der Waals surface area contributed by atoms with Gasteiger partial charge in [-0.25, -0.2) is 0 Å². The highest BCUT2D eigenvalue weighted by molar-refractivity contribution is 5.76. The van der Waals surface area contributed by atoms with Gasteiger partial charge in [-0.3, -0.25) is 9.48 Å². The quantitative estimate of drug-likeness (QED) is 0.855. The Labute approximate surface area is 142 Å². The number of amides is 1. The number of anilines is 1. The van der Waals surface area contributed by atoms with E-state index in [1.165, 1.54) is 0 Å².